The van der Waals surface area contributed by atoms with Gasteiger partial charge in [-0.15, -0.1) is 0 Å². The number of benzene rings is 1. The van der Waals surface area contributed by atoms with Gasteiger partial charge in [0.15, 0.2) is 12.4 Å². The van der Waals surface area contributed by atoms with Crippen LogP contribution in [0, 0.1) is 6.92 Å². The average molecular weight is 342 g/mol. The lowest BCUT2D eigenvalue weighted by atomic mass is 10.2. The first-order chi connectivity index (χ1) is 11.0. The van der Waals surface area contributed by atoms with Crippen molar-refractivity contribution in [1.29, 1.82) is 0 Å². The molecule has 1 aromatic carbocycles. The molecule has 23 heavy (non-hydrogen) atoms. The number of carbonyl (C=O) groups is 2. The van der Waals surface area contributed by atoms with Crippen LogP contribution < -0.4 is 5.32 Å². The normalized spacial score (nSPS) is 10.6. The third-order valence-electron chi connectivity index (χ3n) is 2.55. The first-order valence-electron chi connectivity index (χ1n) is 6.40. The number of amides is 1. The predicted octanol–water partition coefficient (Wildman–Crippen LogP) is 3.09. The van der Waals surface area contributed by atoms with E-state index < -0.39 is 24.2 Å². The monoisotopic (exact) mass is 342 g/mol. The third kappa shape index (κ3) is 5.06. The fraction of sp³-hybridized carbons (Fsp3) is 0.214. The molecule has 0 aliphatic carbocycles. The minimum absolute atomic E-state index is 0.0251. The standard InChI is InChI=1S/C14H12F2N2O4S/c1-8-6-11(18-22-8)17-12(19)7-21-13(20)9-4-2-3-5-10(9)23-14(15)16/h2-6,14H,7H2,1H3,(H,17,18,19). The van der Waals surface area contributed by atoms with Crippen LogP contribution in [0.15, 0.2) is 39.8 Å². The van der Waals surface area contributed by atoms with E-state index in [1.54, 1.807) is 6.92 Å². The molecule has 0 atom stereocenters. The molecule has 0 unspecified atom stereocenters. The van der Waals surface area contributed by atoms with Gasteiger partial charge < -0.3 is 14.6 Å². The number of aryl methyl sites for hydroxylation is 1. The Morgan fingerprint density at radius 1 is 1.39 bits per heavy atom. The van der Waals surface area contributed by atoms with E-state index in [4.69, 9.17) is 9.26 Å². The number of rotatable bonds is 6. The Bertz CT molecular complexity index is 706. The maximum absolute atomic E-state index is 12.5. The second-order valence-electron chi connectivity index (χ2n) is 4.32. The van der Waals surface area contributed by atoms with Crippen molar-refractivity contribution in [3.63, 3.8) is 0 Å². The number of hydrogen-bond acceptors (Lipinski definition) is 6. The van der Waals surface area contributed by atoms with Crippen LogP contribution in [0.4, 0.5) is 14.6 Å². The summed E-state index contributed by atoms with van der Waals surface area (Å²) in [4.78, 5) is 23.6. The maximum Gasteiger partial charge on any atom is 0.339 e. The summed E-state index contributed by atoms with van der Waals surface area (Å²) in [5.41, 5.74) is -0.0251. The summed E-state index contributed by atoms with van der Waals surface area (Å²) in [6, 6.07) is 7.28. The highest BCUT2D eigenvalue weighted by Crippen LogP contribution is 2.28. The SMILES string of the molecule is Cc1cc(NC(=O)COC(=O)c2ccccc2SC(F)F)no1. The molecule has 6 nitrogen and oxygen atoms in total. The van der Waals surface area contributed by atoms with E-state index in [0.717, 1.165) is 0 Å². The Morgan fingerprint density at radius 2 is 2.13 bits per heavy atom. The molecule has 1 N–H and O–H groups in total. The van der Waals surface area contributed by atoms with Gasteiger partial charge in [0.25, 0.3) is 11.7 Å². The molecule has 0 aliphatic heterocycles. The van der Waals surface area contributed by atoms with Gasteiger partial charge in [0.2, 0.25) is 0 Å². The Kier molecular flexibility index (Phi) is 5.69. The smallest absolute Gasteiger partial charge is 0.339 e. The van der Waals surface area contributed by atoms with Gasteiger partial charge in [-0.25, -0.2) is 4.79 Å². The lowest BCUT2D eigenvalue weighted by Crippen LogP contribution is -2.21. The number of carbonyl (C=O) groups excluding carboxylic acids is 2. The lowest BCUT2D eigenvalue weighted by Gasteiger charge is -2.08. The number of aromatic nitrogens is 1. The van der Waals surface area contributed by atoms with Crippen LogP contribution >= 0.6 is 11.8 Å². The molecule has 1 amide bonds. The highest BCUT2D eigenvalue weighted by molar-refractivity contribution is 7.99. The molecule has 0 spiro atoms. The molecule has 0 fully saturated rings. The molecule has 2 aromatic rings. The van der Waals surface area contributed by atoms with Crippen LogP contribution in [0.1, 0.15) is 16.1 Å². The Labute approximate surface area is 134 Å². The van der Waals surface area contributed by atoms with Crippen molar-refractivity contribution in [2.75, 3.05) is 11.9 Å². The Hall–Kier alpha value is -2.42. The van der Waals surface area contributed by atoms with Gasteiger partial charge in [-0.2, -0.15) is 8.78 Å². The van der Waals surface area contributed by atoms with Crippen molar-refractivity contribution in [2.24, 2.45) is 0 Å². The Morgan fingerprint density at radius 3 is 2.78 bits per heavy atom. The molecule has 9 heteroatoms. The molecule has 2 rings (SSSR count). The lowest BCUT2D eigenvalue weighted by molar-refractivity contribution is -0.119. The van der Waals surface area contributed by atoms with E-state index in [1.165, 1.54) is 30.3 Å². The second-order valence-corrected chi connectivity index (χ2v) is 5.35. The zero-order chi connectivity index (χ0) is 16.8. The fourth-order valence-electron chi connectivity index (χ4n) is 1.65. The van der Waals surface area contributed by atoms with E-state index in [1.807, 2.05) is 0 Å². The van der Waals surface area contributed by atoms with Gasteiger partial charge in [-0.05, 0) is 19.1 Å². The highest BCUT2D eigenvalue weighted by atomic mass is 32.2. The third-order valence-corrected chi connectivity index (χ3v) is 3.34. The first kappa shape index (κ1) is 16.9. The van der Waals surface area contributed by atoms with Gasteiger partial charge in [-0.1, -0.05) is 29.1 Å². The summed E-state index contributed by atoms with van der Waals surface area (Å²) in [5.74, 6) is -3.44. The predicted molar refractivity (Wildman–Crippen MR) is 78.5 cm³/mol. The van der Waals surface area contributed by atoms with Gasteiger partial charge >= 0.3 is 5.97 Å². The van der Waals surface area contributed by atoms with Crippen LogP contribution in [0.3, 0.4) is 0 Å². The van der Waals surface area contributed by atoms with Crippen LogP contribution in [-0.4, -0.2) is 29.4 Å². The van der Waals surface area contributed by atoms with Crippen molar-refractivity contribution in [3.8, 4) is 0 Å². The molecule has 0 bridgehead atoms. The average Bonchev–Trinajstić information content (AvgIpc) is 2.90. The number of nitrogens with one attached hydrogen (secondary N) is 1. The van der Waals surface area contributed by atoms with Crippen molar-refractivity contribution in [2.45, 2.75) is 17.6 Å². The number of halogens is 2. The van der Waals surface area contributed by atoms with Crippen molar-refractivity contribution in [1.82, 2.24) is 5.16 Å². The minimum atomic E-state index is -2.66. The van der Waals surface area contributed by atoms with Gasteiger partial charge in [0, 0.05) is 11.0 Å². The maximum atomic E-state index is 12.5. The first-order valence-corrected chi connectivity index (χ1v) is 7.28. The molecule has 1 heterocycles. The quantitative estimate of drug-likeness (QED) is 0.642. The van der Waals surface area contributed by atoms with Crippen molar-refractivity contribution >= 4 is 29.5 Å². The van der Waals surface area contributed by atoms with Crippen LogP contribution in [0.25, 0.3) is 0 Å². The number of anilines is 1. The molecule has 0 aliphatic rings. The summed E-state index contributed by atoms with van der Waals surface area (Å²) in [7, 11) is 0. The molecule has 0 saturated carbocycles. The highest BCUT2D eigenvalue weighted by Gasteiger charge is 2.17. The van der Waals surface area contributed by atoms with E-state index in [0.29, 0.717) is 5.76 Å². The van der Waals surface area contributed by atoms with Crippen molar-refractivity contribution in [3.05, 3.63) is 41.7 Å². The van der Waals surface area contributed by atoms with Crippen LogP contribution in [0.2, 0.25) is 0 Å². The largest absolute Gasteiger partial charge is 0.452 e. The number of esters is 1. The molecule has 0 saturated heterocycles. The Balaban J connectivity index is 1.93. The molecule has 122 valence electrons. The van der Waals surface area contributed by atoms with E-state index in [9.17, 15) is 18.4 Å². The zero-order valence-corrected chi connectivity index (χ0v) is 12.7. The minimum Gasteiger partial charge on any atom is -0.452 e. The van der Waals surface area contributed by atoms with Crippen LogP contribution in [0.5, 0.6) is 0 Å². The van der Waals surface area contributed by atoms with Gasteiger partial charge in [-0.3, -0.25) is 4.79 Å². The summed E-state index contributed by atoms with van der Waals surface area (Å²) in [6.45, 7) is 1.08. The number of nitrogens with zero attached hydrogens (tertiary/aromatic N) is 1. The topological polar surface area (TPSA) is 81.4 Å². The molecular formula is C14H12F2N2O4S. The number of hydrogen-bond donors (Lipinski definition) is 1. The summed E-state index contributed by atoms with van der Waals surface area (Å²) in [6.07, 6.45) is 0. The number of ether oxygens (including phenoxy) is 1. The summed E-state index contributed by atoms with van der Waals surface area (Å²) >= 11 is 0.236. The number of thioether (sulfide) groups is 1. The van der Waals surface area contributed by atoms with Crippen LogP contribution in [-0.2, 0) is 9.53 Å². The van der Waals surface area contributed by atoms with Gasteiger partial charge in [0.05, 0.1) is 5.56 Å². The molecule has 0 radical (unpaired) electrons. The number of alkyl halides is 2. The molecular weight excluding hydrogens is 330 g/mol. The van der Waals surface area contributed by atoms with E-state index >= 15 is 0 Å². The zero-order valence-electron chi connectivity index (χ0n) is 11.9. The fourth-order valence-corrected chi connectivity index (χ4v) is 2.27. The van der Waals surface area contributed by atoms with E-state index in [2.05, 4.69) is 10.5 Å². The van der Waals surface area contributed by atoms with Gasteiger partial charge in [0.1, 0.15) is 5.76 Å². The summed E-state index contributed by atoms with van der Waals surface area (Å²) < 4.78 is 34.5. The van der Waals surface area contributed by atoms with Crippen molar-refractivity contribution < 1.29 is 27.6 Å². The second kappa shape index (κ2) is 7.73. The van der Waals surface area contributed by atoms with E-state index in [-0.39, 0.29) is 28.0 Å². The molecule has 1 aromatic heterocycles. The summed E-state index contributed by atoms with van der Waals surface area (Å²) in [5, 5.41) is 5.92.